The van der Waals surface area contributed by atoms with E-state index in [0.717, 1.165) is 25.3 Å². The zero-order chi connectivity index (χ0) is 14.0. The Morgan fingerprint density at radius 2 is 2.10 bits per heavy atom. The van der Waals surface area contributed by atoms with E-state index in [1.165, 1.54) is 44.4 Å². The Hall–Kier alpha value is -1.00. The smallest absolute Gasteiger partial charge is 0.141 e. The minimum atomic E-state index is -0.256. The zero-order valence-corrected chi connectivity index (χ0v) is 12.2. The fourth-order valence-corrected chi connectivity index (χ4v) is 3.93. The van der Waals surface area contributed by atoms with E-state index < -0.39 is 0 Å². The van der Waals surface area contributed by atoms with E-state index in [1.54, 1.807) is 0 Å². The zero-order valence-electron chi connectivity index (χ0n) is 12.2. The number of rotatable bonds is 2. The van der Waals surface area contributed by atoms with Crippen LogP contribution in [0.15, 0.2) is 18.3 Å². The van der Waals surface area contributed by atoms with Crippen LogP contribution in [0.1, 0.15) is 50.8 Å². The first-order valence-corrected chi connectivity index (χ1v) is 7.80. The Bertz CT molecular complexity index is 431. The lowest BCUT2D eigenvalue weighted by atomic mass is 9.78. The van der Waals surface area contributed by atoms with Gasteiger partial charge in [-0.3, -0.25) is 9.88 Å². The minimum absolute atomic E-state index is 0.256. The van der Waals surface area contributed by atoms with E-state index in [2.05, 4.69) is 22.1 Å². The number of aromatic nitrogens is 1. The normalized spacial score (nSPS) is 24.7. The number of nitrogens with zero attached hydrogens (tertiary/aromatic N) is 2. The first kappa shape index (κ1) is 14.0. The van der Waals surface area contributed by atoms with Gasteiger partial charge in [-0.05, 0) is 31.9 Å². The average molecular weight is 277 g/mol. The third kappa shape index (κ3) is 2.59. The molecule has 1 aliphatic carbocycles. The molecule has 3 nitrogen and oxygen atoms in total. The largest absolute Gasteiger partial charge is 0.314 e. The van der Waals surface area contributed by atoms with Crippen LogP contribution >= 0.6 is 0 Å². The quantitative estimate of drug-likeness (QED) is 0.901. The average Bonchev–Trinajstić information content (AvgIpc) is 2.49. The lowest BCUT2D eigenvalue weighted by Gasteiger charge is -2.52. The fourth-order valence-electron chi connectivity index (χ4n) is 3.93. The first-order chi connectivity index (χ1) is 9.71. The molecule has 2 fully saturated rings. The molecule has 110 valence electrons. The van der Waals surface area contributed by atoms with Gasteiger partial charge in [-0.2, -0.15) is 0 Å². The fraction of sp³-hybridized carbons (Fsp3) is 0.688. The van der Waals surface area contributed by atoms with Crippen molar-refractivity contribution in [3.05, 3.63) is 29.8 Å². The molecule has 1 saturated carbocycles. The minimum Gasteiger partial charge on any atom is -0.314 e. The molecule has 0 amide bonds. The summed E-state index contributed by atoms with van der Waals surface area (Å²) in [6.07, 6.45) is 7.88. The summed E-state index contributed by atoms with van der Waals surface area (Å²) in [6.45, 7) is 5.38. The third-order valence-electron chi connectivity index (χ3n) is 5.02. The molecule has 4 heteroatoms. The molecule has 2 aliphatic rings. The predicted octanol–water partition coefficient (Wildman–Crippen LogP) is 2.89. The van der Waals surface area contributed by atoms with Crippen LogP contribution in [0.3, 0.4) is 0 Å². The van der Waals surface area contributed by atoms with Crippen molar-refractivity contribution < 1.29 is 4.39 Å². The van der Waals surface area contributed by atoms with Gasteiger partial charge in [-0.25, -0.2) is 4.39 Å². The molecule has 20 heavy (non-hydrogen) atoms. The molecule has 1 atom stereocenters. The SMILES string of the molecule is CC(c1ccc(F)cn1)N1CCNCC12CCCCC2. The summed E-state index contributed by atoms with van der Waals surface area (Å²) in [4.78, 5) is 6.91. The van der Waals surface area contributed by atoms with Crippen LogP contribution in [0, 0.1) is 5.82 Å². The van der Waals surface area contributed by atoms with Crippen LogP contribution < -0.4 is 5.32 Å². The number of hydrogen-bond acceptors (Lipinski definition) is 3. The van der Waals surface area contributed by atoms with Crippen molar-refractivity contribution in [2.45, 2.75) is 50.6 Å². The molecule has 0 bridgehead atoms. The molecule has 1 aromatic heterocycles. The van der Waals surface area contributed by atoms with E-state index >= 15 is 0 Å². The molecule has 2 heterocycles. The van der Waals surface area contributed by atoms with Crippen LogP contribution in [0.5, 0.6) is 0 Å². The highest BCUT2D eigenvalue weighted by Gasteiger charge is 2.42. The summed E-state index contributed by atoms with van der Waals surface area (Å²) >= 11 is 0. The van der Waals surface area contributed by atoms with Crippen molar-refractivity contribution in [1.29, 1.82) is 0 Å². The topological polar surface area (TPSA) is 28.2 Å². The van der Waals surface area contributed by atoms with Gasteiger partial charge in [0, 0.05) is 31.2 Å². The van der Waals surface area contributed by atoms with Gasteiger partial charge in [-0.15, -0.1) is 0 Å². The summed E-state index contributed by atoms with van der Waals surface area (Å²) < 4.78 is 13.1. The molecular weight excluding hydrogens is 253 g/mol. The van der Waals surface area contributed by atoms with Crippen molar-refractivity contribution in [3.63, 3.8) is 0 Å². The van der Waals surface area contributed by atoms with E-state index in [9.17, 15) is 4.39 Å². The summed E-state index contributed by atoms with van der Waals surface area (Å²) in [5.41, 5.74) is 1.27. The highest BCUT2D eigenvalue weighted by atomic mass is 19.1. The number of pyridine rings is 1. The predicted molar refractivity (Wildman–Crippen MR) is 78.0 cm³/mol. The molecule has 1 unspecified atom stereocenters. The van der Waals surface area contributed by atoms with Crippen LogP contribution in [0.25, 0.3) is 0 Å². The summed E-state index contributed by atoms with van der Waals surface area (Å²) in [5, 5.41) is 3.57. The van der Waals surface area contributed by atoms with Crippen LogP contribution in [-0.4, -0.2) is 35.1 Å². The molecule has 1 aromatic rings. The molecular formula is C16H24FN3. The van der Waals surface area contributed by atoms with Gasteiger partial charge in [0.15, 0.2) is 0 Å². The lowest BCUT2D eigenvalue weighted by molar-refractivity contribution is -0.00403. The van der Waals surface area contributed by atoms with Crippen LogP contribution in [0.4, 0.5) is 4.39 Å². The molecule has 1 saturated heterocycles. The summed E-state index contributed by atoms with van der Waals surface area (Å²) in [5.74, 6) is -0.256. The van der Waals surface area contributed by atoms with Crippen molar-refractivity contribution in [3.8, 4) is 0 Å². The second-order valence-electron chi connectivity index (χ2n) is 6.23. The summed E-state index contributed by atoms with van der Waals surface area (Å²) in [7, 11) is 0. The Labute approximate surface area is 120 Å². The van der Waals surface area contributed by atoms with Crippen molar-refractivity contribution in [2.24, 2.45) is 0 Å². The van der Waals surface area contributed by atoms with Gasteiger partial charge < -0.3 is 5.32 Å². The lowest BCUT2D eigenvalue weighted by Crippen LogP contribution is -2.62. The van der Waals surface area contributed by atoms with Crippen molar-refractivity contribution >= 4 is 0 Å². The second kappa shape index (κ2) is 5.78. The Morgan fingerprint density at radius 1 is 1.30 bits per heavy atom. The van der Waals surface area contributed by atoms with Crippen molar-refractivity contribution in [1.82, 2.24) is 15.2 Å². The van der Waals surface area contributed by atoms with E-state index in [0.29, 0.717) is 0 Å². The maximum absolute atomic E-state index is 13.1. The maximum Gasteiger partial charge on any atom is 0.141 e. The molecule has 1 N–H and O–H groups in total. The first-order valence-electron chi connectivity index (χ1n) is 7.80. The van der Waals surface area contributed by atoms with Crippen LogP contribution in [-0.2, 0) is 0 Å². The standard InChI is InChI=1S/C16H24FN3/c1-13(15-6-5-14(17)11-19-15)20-10-9-18-12-16(20)7-3-2-4-8-16/h5-6,11,13,18H,2-4,7-10,12H2,1H3. The Morgan fingerprint density at radius 3 is 2.80 bits per heavy atom. The van der Waals surface area contributed by atoms with Gasteiger partial charge >= 0.3 is 0 Å². The molecule has 1 spiro atoms. The highest BCUT2D eigenvalue weighted by Crippen LogP contribution is 2.39. The van der Waals surface area contributed by atoms with E-state index in [-0.39, 0.29) is 17.4 Å². The van der Waals surface area contributed by atoms with Gasteiger partial charge in [0.05, 0.1) is 11.9 Å². The molecule has 3 rings (SSSR count). The number of hydrogen-bond donors (Lipinski definition) is 1. The van der Waals surface area contributed by atoms with Gasteiger partial charge in [0.2, 0.25) is 0 Å². The van der Waals surface area contributed by atoms with E-state index in [4.69, 9.17) is 0 Å². The van der Waals surface area contributed by atoms with E-state index in [1.807, 2.05) is 6.07 Å². The summed E-state index contributed by atoms with van der Waals surface area (Å²) in [6, 6.07) is 3.61. The van der Waals surface area contributed by atoms with Gasteiger partial charge in [-0.1, -0.05) is 19.3 Å². The maximum atomic E-state index is 13.1. The Kier molecular flexibility index (Phi) is 4.03. The monoisotopic (exact) mass is 277 g/mol. The molecule has 1 aliphatic heterocycles. The van der Waals surface area contributed by atoms with Crippen LogP contribution in [0.2, 0.25) is 0 Å². The third-order valence-corrected chi connectivity index (χ3v) is 5.02. The van der Waals surface area contributed by atoms with Gasteiger partial charge in [0.25, 0.3) is 0 Å². The van der Waals surface area contributed by atoms with Crippen molar-refractivity contribution in [2.75, 3.05) is 19.6 Å². The number of nitrogens with one attached hydrogen (secondary N) is 1. The molecule has 0 aromatic carbocycles. The number of piperazine rings is 1. The van der Waals surface area contributed by atoms with Gasteiger partial charge in [0.1, 0.15) is 5.82 Å². The second-order valence-corrected chi connectivity index (χ2v) is 6.23. The highest BCUT2D eigenvalue weighted by molar-refractivity contribution is 5.12. The Balaban J connectivity index is 1.83. The number of halogens is 1. The molecule has 0 radical (unpaired) electrons.